The lowest BCUT2D eigenvalue weighted by Crippen LogP contribution is -2.47. The molecule has 0 radical (unpaired) electrons. The monoisotopic (exact) mass is 455 g/mol. The van der Waals surface area contributed by atoms with Crippen molar-refractivity contribution in [2.45, 2.75) is 31.4 Å². The highest BCUT2D eigenvalue weighted by Crippen LogP contribution is 2.58. The molecule has 2 aliphatic carbocycles. The van der Waals surface area contributed by atoms with E-state index in [1.807, 2.05) is 7.05 Å². The van der Waals surface area contributed by atoms with E-state index in [-0.39, 0.29) is 23.1 Å². The van der Waals surface area contributed by atoms with E-state index in [9.17, 15) is 14.7 Å². The minimum absolute atomic E-state index is 0.0571. The zero-order valence-corrected chi connectivity index (χ0v) is 18.3. The predicted octanol–water partition coefficient (Wildman–Crippen LogP) is 3.07. The maximum atomic E-state index is 15.6. The number of hydrogen-bond donors (Lipinski definition) is 2. The molecule has 32 heavy (non-hydrogen) atoms. The maximum Gasteiger partial charge on any atom is 0.342 e. The maximum absolute atomic E-state index is 15.6. The molecule has 2 saturated carbocycles. The van der Waals surface area contributed by atoms with Gasteiger partial charge in [0.25, 0.3) is 0 Å². The van der Waals surface area contributed by atoms with E-state index < -0.39 is 17.2 Å². The van der Waals surface area contributed by atoms with E-state index in [1.54, 1.807) is 9.78 Å². The van der Waals surface area contributed by atoms with E-state index >= 15 is 4.39 Å². The van der Waals surface area contributed by atoms with Crippen LogP contribution in [0.25, 0.3) is 15.7 Å². The van der Waals surface area contributed by atoms with E-state index in [0.717, 1.165) is 18.8 Å². The third-order valence-corrected chi connectivity index (χ3v) is 9.55. The summed E-state index contributed by atoms with van der Waals surface area (Å²) in [5.41, 5.74) is 0.827. The average Bonchev–Trinajstić information content (AvgIpc) is 3.53. The Bertz CT molecular complexity index is 1410. The van der Waals surface area contributed by atoms with Crippen molar-refractivity contribution in [3.8, 4) is 5.75 Å². The molecule has 4 aliphatic rings. The topological polar surface area (TPSA) is 83.3 Å². The van der Waals surface area contributed by atoms with Gasteiger partial charge in [0.1, 0.15) is 28.2 Å². The zero-order valence-electron chi connectivity index (χ0n) is 17.5. The van der Waals surface area contributed by atoms with E-state index in [2.05, 4.69) is 10.2 Å². The number of carbonyl (C=O) groups is 1. The van der Waals surface area contributed by atoms with Gasteiger partial charge in [-0.3, -0.25) is 9.20 Å². The summed E-state index contributed by atoms with van der Waals surface area (Å²) in [6.45, 7) is 1.74. The molecule has 1 saturated heterocycles. The Morgan fingerprint density at radius 2 is 2.25 bits per heavy atom. The Kier molecular flexibility index (Phi) is 3.55. The second-order valence-corrected chi connectivity index (χ2v) is 10.5. The number of hydrogen-bond acceptors (Lipinski definition) is 6. The number of nitrogens with zero attached hydrogens (tertiary/aromatic N) is 2. The number of carboxylic acids is 1. The molecule has 4 atom stereocenters. The van der Waals surface area contributed by atoms with Crippen LogP contribution >= 0.6 is 11.3 Å². The summed E-state index contributed by atoms with van der Waals surface area (Å²) in [6.07, 6.45) is 3.58. The summed E-state index contributed by atoms with van der Waals surface area (Å²) in [6, 6.07) is 1.21. The molecule has 4 unspecified atom stereocenters. The van der Waals surface area contributed by atoms with Crippen molar-refractivity contribution in [2.75, 3.05) is 25.0 Å². The van der Waals surface area contributed by atoms with Crippen LogP contribution in [0.3, 0.4) is 0 Å². The third kappa shape index (κ3) is 2.09. The molecule has 3 fully saturated rings. The van der Waals surface area contributed by atoms with Crippen LogP contribution in [0.1, 0.15) is 35.3 Å². The lowest BCUT2D eigenvalue weighted by molar-refractivity contribution is 0.0697. The number of thiazole rings is 1. The van der Waals surface area contributed by atoms with Gasteiger partial charge < -0.3 is 20.1 Å². The third-order valence-electron chi connectivity index (χ3n) is 8.55. The first-order chi connectivity index (χ1) is 15.4. The fourth-order valence-corrected chi connectivity index (χ4v) is 8.21. The first kappa shape index (κ1) is 18.9. The van der Waals surface area contributed by atoms with Gasteiger partial charge in [0.2, 0.25) is 5.43 Å². The molecule has 3 aromatic rings. The summed E-state index contributed by atoms with van der Waals surface area (Å²) < 4.78 is 23.5. The Hall–Kier alpha value is -2.65. The number of nitrogens with one attached hydrogen (secondary N) is 1. The molecule has 2 aromatic heterocycles. The number of aromatic nitrogens is 1. The molecule has 7 nitrogen and oxygen atoms in total. The Balaban J connectivity index is 1.46. The number of carboxylic acid groups (broad SMARTS) is 1. The van der Waals surface area contributed by atoms with Crippen molar-refractivity contribution < 1.29 is 19.0 Å². The number of anilines is 1. The fraction of sp³-hybridized carbons (Fsp3) is 0.478. The molecule has 0 spiro atoms. The SMILES string of the molecule is CNC12CCC(C1)C1CN(c3c(F)cc4c(=O)c(C(=O)O)c5scc6n5c4c3OC6)CC12. The normalized spacial score (nSPS) is 29.9. The number of rotatable bonds is 3. The van der Waals surface area contributed by atoms with Crippen molar-refractivity contribution in [1.82, 2.24) is 9.72 Å². The lowest BCUT2D eigenvalue weighted by atomic mass is 9.77. The molecule has 2 N–H and O–H groups in total. The van der Waals surface area contributed by atoms with E-state index in [0.29, 0.717) is 39.5 Å². The Morgan fingerprint density at radius 3 is 3.03 bits per heavy atom. The summed E-state index contributed by atoms with van der Waals surface area (Å²) in [5, 5.41) is 15.1. The standard InChI is InChI=1S/C23H22FN3O4S/c1-25-23-3-2-10(5-23)13-6-26(7-14(13)23)18-15(24)4-12-17-20(18)31-8-11-9-32-21(27(11)17)16(19(12)28)22(29)30/h4,9-10,13-14,25H,2-3,5-8H2,1H3,(H,29,30). The van der Waals surface area contributed by atoms with Gasteiger partial charge in [-0.25, -0.2) is 9.18 Å². The number of ether oxygens (including phenoxy) is 1. The Morgan fingerprint density at radius 1 is 1.41 bits per heavy atom. The number of aromatic carboxylic acids is 1. The second kappa shape index (κ2) is 6.02. The molecule has 1 aromatic carbocycles. The van der Waals surface area contributed by atoms with Gasteiger partial charge in [0.15, 0.2) is 11.6 Å². The molecular weight excluding hydrogens is 433 g/mol. The lowest BCUT2D eigenvalue weighted by Gasteiger charge is -2.35. The molecular formula is C23H22FN3O4S. The molecule has 4 heterocycles. The van der Waals surface area contributed by atoms with Crippen LogP contribution in [-0.4, -0.2) is 41.2 Å². The van der Waals surface area contributed by atoms with Gasteiger partial charge in [0, 0.05) is 24.0 Å². The first-order valence-electron chi connectivity index (χ1n) is 11.0. The van der Waals surface area contributed by atoms with Gasteiger partial charge in [0.05, 0.1) is 11.1 Å². The Labute approximate surface area is 186 Å². The molecule has 9 heteroatoms. The van der Waals surface area contributed by atoms with Crippen LogP contribution < -0.4 is 20.4 Å². The van der Waals surface area contributed by atoms with Crippen molar-refractivity contribution in [2.24, 2.45) is 17.8 Å². The van der Waals surface area contributed by atoms with Crippen LogP contribution in [0.4, 0.5) is 10.1 Å². The number of fused-ring (bicyclic) bond motifs is 5. The van der Waals surface area contributed by atoms with E-state index in [4.69, 9.17) is 4.74 Å². The van der Waals surface area contributed by atoms with Gasteiger partial charge in [-0.15, -0.1) is 11.3 Å². The highest BCUT2D eigenvalue weighted by molar-refractivity contribution is 7.16. The van der Waals surface area contributed by atoms with Crippen LogP contribution in [0.2, 0.25) is 0 Å². The molecule has 2 bridgehead atoms. The quantitative estimate of drug-likeness (QED) is 0.632. The predicted molar refractivity (Wildman–Crippen MR) is 119 cm³/mol. The largest absolute Gasteiger partial charge is 0.483 e. The fourth-order valence-electron chi connectivity index (χ4n) is 7.18. The van der Waals surface area contributed by atoms with Crippen LogP contribution in [0, 0.1) is 23.6 Å². The molecule has 0 amide bonds. The number of halogens is 1. The minimum atomic E-state index is -1.30. The smallest absolute Gasteiger partial charge is 0.342 e. The summed E-state index contributed by atoms with van der Waals surface area (Å²) >= 11 is 1.21. The average molecular weight is 456 g/mol. The number of benzene rings is 1. The van der Waals surface area contributed by atoms with Crippen molar-refractivity contribution >= 4 is 38.7 Å². The van der Waals surface area contributed by atoms with Gasteiger partial charge >= 0.3 is 5.97 Å². The molecule has 166 valence electrons. The summed E-state index contributed by atoms with van der Waals surface area (Å²) in [7, 11) is 2.04. The highest BCUT2D eigenvalue weighted by Gasteiger charge is 2.60. The van der Waals surface area contributed by atoms with Crippen molar-refractivity contribution in [1.29, 1.82) is 0 Å². The molecule has 7 rings (SSSR count). The van der Waals surface area contributed by atoms with E-state index in [1.165, 1.54) is 36.7 Å². The summed E-state index contributed by atoms with van der Waals surface area (Å²) in [5.74, 6) is 0.192. The van der Waals surface area contributed by atoms with Crippen molar-refractivity contribution in [3.05, 3.63) is 38.7 Å². The van der Waals surface area contributed by atoms with Crippen LogP contribution in [-0.2, 0) is 6.61 Å². The number of pyridine rings is 1. The van der Waals surface area contributed by atoms with Gasteiger partial charge in [-0.2, -0.15) is 0 Å². The second-order valence-electron chi connectivity index (χ2n) is 9.68. The zero-order chi connectivity index (χ0) is 21.9. The van der Waals surface area contributed by atoms with Gasteiger partial charge in [-0.05, 0) is 50.1 Å². The van der Waals surface area contributed by atoms with Crippen molar-refractivity contribution in [3.63, 3.8) is 0 Å². The van der Waals surface area contributed by atoms with Gasteiger partial charge in [-0.1, -0.05) is 0 Å². The van der Waals surface area contributed by atoms with Crippen LogP contribution in [0.5, 0.6) is 5.75 Å². The highest BCUT2D eigenvalue weighted by atomic mass is 32.1. The molecule has 2 aliphatic heterocycles. The van der Waals surface area contributed by atoms with Crippen LogP contribution in [0.15, 0.2) is 16.2 Å². The summed E-state index contributed by atoms with van der Waals surface area (Å²) in [4.78, 5) is 27.4. The first-order valence-corrected chi connectivity index (χ1v) is 11.9. The minimum Gasteiger partial charge on any atom is -0.483 e.